The third-order valence-electron chi connectivity index (χ3n) is 5.18. The zero-order valence-corrected chi connectivity index (χ0v) is 18.6. The van der Waals surface area contributed by atoms with Crippen LogP contribution in [0.25, 0.3) is 5.82 Å². The van der Waals surface area contributed by atoms with E-state index in [1.165, 1.54) is 0 Å². The first-order valence-corrected chi connectivity index (χ1v) is 10.6. The van der Waals surface area contributed by atoms with Gasteiger partial charge in [-0.05, 0) is 44.2 Å². The number of halogens is 1. The Morgan fingerprint density at radius 3 is 2.50 bits per heavy atom. The summed E-state index contributed by atoms with van der Waals surface area (Å²) in [4.78, 5) is 37.6. The Morgan fingerprint density at radius 1 is 1.06 bits per heavy atom. The van der Waals surface area contributed by atoms with Crippen molar-refractivity contribution in [1.29, 1.82) is 0 Å². The van der Waals surface area contributed by atoms with Gasteiger partial charge in [-0.15, -0.1) is 0 Å². The molecule has 166 valence electrons. The molecule has 0 radical (unpaired) electrons. The van der Waals surface area contributed by atoms with E-state index in [1.54, 1.807) is 27.9 Å². The van der Waals surface area contributed by atoms with Crippen molar-refractivity contribution in [2.24, 2.45) is 0 Å². The molecule has 0 aromatic carbocycles. The summed E-state index contributed by atoms with van der Waals surface area (Å²) in [5.74, 6) is 0.321. The summed E-state index contributed by atoms with van der Waals surface area (Å²) in [6.45, 7) is 5.77. The Bertz CT molecular complexity index is 1130. The van der Waals surface area contributed by atoms with Crippen LogP contribution >= 0.6 is 11.6 Å². The SMILES string of the molecule is Cc1cc(C)n(-c2ccc(Cl)c(C(=O)OCC(=O)N3CCN(c4ccccn4)CC3)n2)n1. The molecule has 1 aliphatic heterocycles. The summed E-state index contributed by atoms with van der Waals surface area (Å²) in [5, 5.41) is 4.51. The summed E-state index contributed by atoms with van der Waals surface area (Å²) in [5.41, 5.74) is 1.65. The number of amides is 1. The molecule has 0 atom stereocenters. The van der Waals surface area contributed by atoms with Gasteiger partial charge in [-0.25, -0.2) is 19.4 Å². The predicted molar refractivity (Wildman–Crippen MR) is 119 cm³/mol. The lowest BCUT2D eigenvalue weighted by atomic mass is 10.3. The first-order chi connectivity index (χ1) is 15.4. The fourth-order valence-electron chi connectivity index (χ4n) is 3.57. The predicted octanol–water partition coefficient (Wildman–Crippen LogP) is 2.44. The molecule has 1 amide bonds. The van der Waals surface area contributed by atoms with Gasteiger partial charge < -0.3 is 14.5 Å². The number of rotatable bonds is 5. The van der Waals surface area contributed by atoms with Gasteiger partial charge in [0.25, 0.3) is 5.91 Å². The molecule has 1 fully saturated rings. The molecule has 4 rings (SSSR count). The first-order valence-electron chi connectivity index (χ1n) is 10.2. The molecule has 0 saturated carbocycles. The Kier molecular flexibility index (Phi) is 6.36. The highest BCUT2D eigenvalue weighted by Crippen LogP contribution is 2.19. The second-order valence-electron chi connectivity index (χ2n) is 7.47. The molecule has 0 N–H and O–H groups in total. The highest BCUT2D eigenvalue weighted by molar-refractivity contribution is 6.33. The van der Waals surface area contributed by atoms with Gasteiger partial charge in [0.15, 0.2) is 18.1 Å². The van der Waals surface area contributed by atoms with Crippen LogP contribution in [0.5, 0.6) is 0 Å². The fraction of sp³-hybridized carbons (Fsp3) is 0.318. The van der Waals surface area contributed by atoms with E-state index >= 15 is 0 Å². The second-order valence-corrected chi connectivity index (χ2v) is 7.88. The number of esters is 1. The van der Waals surface area contributed by atoms with E-state index in [9.17, 15) is 9.59 Å². The molecule has 0 unspecified atom stereocenters. The van der Waals surface area contributed by atoms with Crippen LogP contribution in [0.4, 0.5) is 5.82 Å². The topological polar surface area (TPSA) is 93.5 Å². The van der Waals surface area contributed by atoms with Gasteiger partial charge in [0.05, 0.1) is 10.7 Å². The lowest BCUT2D eigenvalue weighted by Gasteiger charge is -2.35. The highest BCUT2D eigenvalue weighted by Gasteiger charge is 2.24. The van der Waals surface area contributed by atoms with Gasteiger partial charge in [0.2, 0.25) is 0 Å². The van der Waals surface area contributed by atoms with Crippen LogP contribution in [0.3, 0.4) is 0 Å². The van der Waals surface area contributed by atoms with Crippen molar-refractivity contribution >= 4 is 29.3 Å². The van der Waals surface area contributed by atoms with Crippen LogP contribution < -0.4 is 4.90 Å². The molecule has 1 saturated heterocycles. The minimum Gasteiger partial charge on any atom is -0.451 e. The smallest absolute Gasteiger partial charge is 0.359 e. The monoisotopic (exact) mass is 454 g/mol. The van der Waals surface area contributed by atoms with Gasteiger partial charge in [0, 0.05) is 38.1 Å². The Labute approximate surface area is 190 Å². The van der Waals surface area contributed by atoms with E-state index in [0.717, 1.165) is 17.2 Å². The lowest BCUT2D eigenvalue weighted by molar-refractivity contribution is -0.134. The average molecular weight is 455 g/mol. The molecule has 9 nitrogen and oxygen atoms in total. The number of nitrogens with zero attached hydrogens (tertiary/aromatic N) is 6. The average Bonchev–Trinajstić information content (AvgIpc) is 3.16. The number of aryl methyl sites for hydroxylation is 2. The van der Waals surface area contributed by atoms with E-state index in [0.29, 0.717) is 32.0 Å². The number of carbonyl (C=O) groups is 2. The van der Waals surface area contributed by atoms with Crippen molar-refractivity contribution in [2.75, 3.05) is 37.7 Å². The summed E-state index contributed by atoms with van der Waals surface area (Å²) in [7, 11) is 0. The van der Waals surface area contributed by atoms with Crippen molar-refractivity contribution < 1.29 is 14.3 Å². The van der Waals surface area contributed by atoms with Gasteiger partial charge in [0.1, 0.15) is 5.82 Å². The summed E-state index contributed by atoms with van der Waals surface area (Å²) >= 11 is 6.16. The number of pyridine rings is 2. The molecule has 3 aromatic heterocycles. The Balaban J connectivity index is 1.35. The molecule has 10 heteroatoms. The number of aromatic nitrogens is 4. The third-order valence-corrected chi connectivity index (χ3v) is 5.49. The Hall–Kier alpha value is -3.46. The maximum atomic E-state index is 12.6. The van der Waals surface area contributed by atoms with Crippen LogP contribution in [-0.4, -0.2) is 69.3 Å². The van der Waals surface area contributed by atoms with Gasteiger partial charge >= 0.3 is 5.97 Å². The second kappa shape index (κ2) is 9.35. The minimum atomic E-state index is -0.751. The van der Waals surface area contributed by atoms with E-state index < -0.39 is 5.97 Å². The van der Waals surface area contributed by atoms with Crippen LogP contribution in [-0.2, 0) is 9.53 Å². The molecule has 1 aliphatic rings. The highest BCUT2D eigenvalue weighted by atomic mass is 35.5. The quantitative estimate of drug-likeness (QED) is 0.546. The summed E-state index contributed by atoms with van der Waals surface area (Å²) < 4.78 is 6.85. The van der Waals surface area contributed by atoms with E-state index in [2.05, 4.69) is 20.0 Å². The van der Waals surface area contributed by atoms with Crippen LogP contribution in [0.1, 0.15) is 21.9 Å². The normalized spacial score (nSPS) is 13.8. The molecule has 0 bridgehead atoms. The number of hydrogen-bond acceptors (Lipinski definition) is 7. The van der Waals surface area contributed by atoms with Gasteiger partial charge in [-0.1, -0.05) is 17.7 Å². The standard InChI is InChI=1S/C22H23ClN6O3/c1-15-13-16(2)29(26-15)19-7-6-17(23)21(25-19)22(31)32-14-20(30)28-11-9-27(10-12-28)18-5-3-4-8-24-18/h3-8,13H,9-12,14H2,1-2H3. The maximum absolute atomic E-state index is 12.6. The van der Waals surface area contributed by atoms with Crippen LogP contribution in [0.15, 0.2) is 42.6 Å². The van der Waals surface area contributed by atoms with Crippen molar-refractivity contribution in [2.45, 2.75) is 13.8 Å². The number of anilines is 1. The zero-order valence-electron chi connectivity index (χ0n) is 17.9. The molecule has 0 aliphatic carbocycles. The van der Waals surface area contributed by atoms with Crippen molar-refractivity contribution in [3.05, 3.63) is 64.7 Å². The molecule has 0 spiro atoms. The fourth-order valence-corrected chi connectivity index (χ4v) is 3.75. The van der Waals surface area contributed by atoms with E-state index in [1.807, 2.05) is 38.1 Å². The minimum absolute atomic E-state index is 0.0514. The zero-order chi connectivity index (χ0) is 22.7. The van der Waals surface area contributed by atoms with Crippen LogP contribution in [0.2, 0.25) is 5.02 Å². The van der Waals surface area contributed by atoms with Crippen molar-refractivity contribution in [3.63, 3.8) is 0 Å². The van der Waals surface area contributed by atoms with E-state index in [4.69, 9.17) is 16.3 Å². The van der Waals surface area contributed by atoms with Crippen molar-refractivity contribution in [3.8, 4) is 5.82 Å². The summed E-state index contributed by atoms with van der Waals surface area (Å²) in [6, 6.07) is 10.9. The molecule has 3 aromatic rings. The third kappa shape index (κ3) is 4.72. The lowest BCUT2D eigenvalue weighted by Crippen LogP contribution is -2.50. The Morgan fingerprint density at radius 2 is 1.84 bits per heavy atom. The summed E-state index contributed by atoms with van der Waals surface area (Å²) in [6.07, 6.45) is 1.75. The van der Waals surface area contributed by atoms with E-state index in [-0.39, 0.29) is 23.2 Å². The number of carbonyl (C=O) groups excluding carboxylic acids is 2. The molecular formula is C22H23ClN6O3. The van der Waals surface area contributed by atoms with Gasteiger partial charge in [-0.3, -0.25) is 4.79 Å². The largest absolute Gasteiger partial charge is 0.451 e. The van der Waals surface area contributed by atoms with Crippen molar-refractivity contribution in [1.82, 2.24) is 24.6 Å². The molecular weight excluding hydrogens is 432 g/mol. The molecule has 32 heavy (non-hydrogen) atoms. The maximum Gasteiger partial charge on any atom is 0.359 e. The first kappa shape index (κ1) is 21.8. The van der Waals surface area contributed by atoms with Gasteiger partial charge in [-0.2, -0.15) is 5.10 Å². The molecule has 4 heterocycles. The van der Waals surface area contributed by atoms with Crippen LogP contribution in [0, 0.1) is 13.8 Å². The number of piperazine rings is 1. The number of hydrogen-bond donors (Lipinski definition) is 0. The number of ether oxygens (including phenoxy) is 1.